The lowest BCUT2D eigenvalue weighted by Gasteiger charge is -2.30. The summed E-state index contributed by atoms with van der Waals surface area (Å²) in [4.78, 5) is 12.2. The van der Waals surface area contributed by atoms with E-state index in [1.165, 1.54) is 19.3 Å². The Hall–Kier alpha value is -0.570. The van der Waals surface area contributed by atoms with E-state index in [4.69, 9.17) is 9.47 Å². The van der Waals surface area contributed by atoms with Crippen molar-refractivity contribution < 1.29 is 14.3 Å². The van der Waals surface area contributed by atoms with E-state index in [1.54, 1.807) is 0 Å². The monoisotopic (exact) mass is 252 g/mol. The summed E-state index contributed by atoms with van der Waals surface area (Å²) in [5, 5.41) is 0. The molecule has 0 N–H and O–H groups in total. The Morgan fingerprint density at radius 3 is 2.50 bits per heavy atom. The third-order valence-corrected chi connectivity index (χ3v) is 4.94. The molecule has 18 heavy (non-hydrogen) atoms. The Labute approximate surface area is 109 Å². The third-order valence-electron chi connectivity index (χ3n) is 4.94. The molecule has 3 aliphatic rings. The first-order valence-electron chi connectivity index (χ1n) is 7.53. The summed E-state index contributed by atoms with van der Waals surface area (Å²) in [6, 6.07) is 0. The topological polar surface area (TPSA) is 38.8 Å². The highest BCUT2D eigenvalue weighted by atomic mass is 16.6. The summed E-state index contributed by atoms with van der Waals surface area (Å²) in [5.74, 6) is 1.25. The predicted octanol–water partition coefficient (Wildman–Crippen LogP) is 2.92. The van der Waals surface area contributed by atoms with E-state index in [2.05, 4.69) is 13.8 Å². The van der Waals surface area contributed by atoms with Crippen LogP contribution in [-0.4, -0.2) is 24.3 Å². The zero-order valence-electron chi connectivity index (χ0n) is 11.4. The lowest BCUT2D eigenvalue weighted by atomic mass is 9.81. The molecule has 0 radical (unpaired) electrons. The fourth-order valence-electron chi connectivity index (χ4n) is 3.79. The summed E-state index contributed by atoms with van der Waals surface area (Å²) < 4.78 is 11.5. The van der Waals surface area contributed by atoms with Gasteiger partial charge in [-0.05, 0) is 31.1 Å². The van der Waals surface area contributed by atoms with Crippen LogP contribution in [0.5, 0.6) is 0 Å². The Balaban J connectivity index is 1.57. The standard InChI is InChI=1S/C15H24O3/c1-9-8-10(2)13(14-12(9)17-14)18-15(16)11-6-4-3-5-7-11/h9-14H,3-8H2,1-2H3. The van der Waals surface area contributed by atoms with Gasteiger partial charge in [0, 0.05) is 0 Å². The second-order valence-electron chi connectivity index (χ2n) is 6.49. The van der Waals surface area contributed by atoms with Gasteiger partial charge in [0.2, 0.25) is 0 Å². The Bertz CT molecular complexity index is 320. The maximum absolute atomic E-state index is 12.2. The summed E-state index contributed by atoms with van der Waals surface area (Å²) in [6.45, 7) is 4.42. The van der Waals surface area contributed by atoms with Gasteiger partial charge in [0.1, 0.15) is 12.2 Å². The van der Waals surface area contributed by atoms with Gasteiger partial charge in [-0.25, -0.2) is 0 Å². The molecule has 1 heterocycles. The van der Waals surface area contributed by atoms with Gasteiger partial charge in [0.15, 0.2) is 0 Å². The minimum absolute atomic E-state index is 0.0145. The van der Waals surface area contributed by atoms with Crippen LogP contribution in [0.15, 0.2) is 0 Å². The molecule has 2 saturated carbocycles. The van der Waals surface area contributed by atoms with Crippen LogP contribution < -0.4 is 0 Å². The van der Waals surface area contributed by atoms with E-state index in [0.29, 0.717) is 17.9 Å². The zero-order chi connectivity index (χ0) is 12.7. The van der Waals surface area contributed by atoms with Gasteiger partial charge in [-0.2, -0.15) is 0 Å². The number of fused-ring (bicyclic) bond motifs is 1. The molecule has 0 amide bonds. The van der Waals surface area contributed by atoms with Gasteiger partial charge in [0.25, 0.3) is 0 Å². The van der Waals surface area contributed by atoms with Crippen molar-refractivity contribution in [2.75, 3.05) is 0 Å². The van der Waals surface area contributed by atoms with Crippen molar-refractivity contribution in [2.45, 2.75) is 70.7 Å². The number of ether oxygens (including phenoxy) is 2. The molecule has 0 aromatic heterocycles. The van der Waals surface area contributed by atoms with E-state index < -0.39 is 0 Å². The highest BCUT2D eigenvalue weighted by Gasteiger charge is 2.55. The van der Waals surface area contributed by atoms with E-state index >= 15 is 0 Å². The summed E-state index contributed by atoms with van der Waals surface area (Å²) in [6.07, 6.45) is 7.34. The van der Waals surface area contributed by atoms with Gasteiger partial charge in [-0.1, -0.05) is 33.1 Å². The summed E-state index contributed by atoms with van der Waals surface area (Å²) in [7, 11) is 0. The van der Waals surface area contributed by atoms with Crippen molar-refractivity contribution in [1.29, 1.82) is 0 Å². The molecular weight excluding hydrogens is 228 g/mol. The Morgan fingerprint density at radius 2 is 1.78 bits per heavy atom. The highest BCUT2D eigenvalue weighted by molar-refractivity contribution is 5.72. The van der Waals surface area contributed by atoms with Crippen LogP contribution in [0.2, 0.25) is 0 Å². The number of esters is 1. The fourth-order valence-corrected chi connectivity index (χ4v) is 3.79. The number of hydrogen-bond donors (Lipinski definition) is 0. The van der Waals surface area contributed by atoms with E-state index in [-0.39, 0.29) is 24.1 Å². The van der Waals surface area contributed by atoms with Crippen molar-refractivity contribution in [3.05, 3.63) is 0 Å². The number of carbonyl (C=O) groups is 1. The van der Waals surface area contributed by atoms with Crippen LogP contribution >= 0.6 is 0 Å². The van der Waals surface area contributed by atoms with Gasteiger partial charge < -0.3 is 9.47 Å². The van der Waals surface area contributed by atoms with Crippen molar-refractivity contribution in [3.8, 4) is 0 Å². The molecule has 1 aliphatic heterocycles. The smallest absolute Gasteiger partial charge is 0.309 e. The Morgan fingerprint density at radius 1 is 1.06 bits per heavy atom. The first kappa shape index (κ1) is 12.5. The molecule has 3 fully saturated rings. The zero-order valence-corrected chi connectivity index (χ0v) is 11.4. The van der Waals surface area contributed by atoms with Crippen LogP contribution in [0.25, 0.3) is 0 Å². The van der Waals surface area contributed by atoms with Gasteiger partial charge in [0.05, 0.1) is 12.0 Å². The summed E-state index contributed by atoms with van der Waals surface area (Å²) in [5.41, 5.74) is 0. The quantitative estimate of drug-likeness (QED) is 0.560. The molecule has 5 unspecified atom stereocenters. The number of rotatable bonds is 2. The van der Waals surface area contributed by atoms with Crippen molar-refractivity contribution in [1.82, 2.24) is 0 Å². The first-order chi connectivity index (χ1) is 8.66. The largest absolute Gasteiger partial charge is 0.459 e. The van der Waals surface area contributed by atoms with Crippen LogP contribution in [0, 0.1) is 17.8 Å². The van der Waals surface area contributed by atoms with E-state index in [0.717, 1.165) is 19.3 Å². The minimum atomic E-state index is 0.0145. The molecular formula is C15H24O3. The lowest BCUT2D eigenvalue weighted by Crippen LogP contribution is -2.39. The highest BCUT2D eigenvalue weighted by Crippen LogP contribution is 2.45. The second-order valence-corrected chi connectivity index (χ2v) is 6.49. The third kappa shape index (κ3) is 2.29. The van der Waals surface area contributed by atoms with Crippen molar-refractivity contribution in [2.24, 2.45) is 17.8 Å². The normalized spacial score (nSPS) is 44.2. The fraction of sp³-hybridized carbons (Fsp3) is 0.933. The predicted molar refractivity (Wildman–Crippen MR) is 68.1 cm³/mol. The lowest BCUT2D eigenvalue weighted by molar-refractivity contribution is -0.159. The molecule has 3 nitrogen and oxygen atoms in total. The molecule has 2 aliphatic carbocycles. The van der Waals surface area contributed by atoms with Crippen LogP contribution in [0.4, 0.5) is 0 Å². The molecule has 0 aromatic carbocycles. The average Bonchev–Trinajstić information content (AvgIpc) is 3.16. The SMILES string of the molecule is CC1CC(C)C2OC2C1OC(=O)C1CCCCC1. The number of epoxide rings is 1. The van der Waals surface area contributed by atoms with Gasteiger partial charge in [-0.3, -0.25) is 4.79 Å². The summed E-state index contributed by atoms with van der Waals surface area (Å²) >= 11 is 0. The number of hydrogen-bond acceptors (Lipinski definition) is 3. The van der Waals surface area contributed by atoms with Crippen LogP contribution in [0.1, 0.15) is 52.4 Å². The van der Waals surface area contributed by atoms with Gasteiger partial charge in [-0.15, -0.1) is 0 Å². The molecule has 5 atom stereocenters. The molecule has 102 valence electrons. The maximum atomic E-state index is 12.2. The van der Waals surface area contributed by atoms with Crippen molar-refractivity contribution in [3.63, 3.8) is 0 Å². The number of carbonyl (C=O) groups excluding carboxylic acids is 1. The molecule has 0 spiro atoms. The van der Waals surface area contributed by atoms with Crippen LogP contribution in [0.3, 0.4) is 0 Å². The average molecular weight is 252 g/mol. The first-order valence-corrected chi connectivity index (χ1v) is 7.53. The second kappa shape index (κ2) is 4.84. The van der Waals surface area contributed by atoms with Crippen LogP contribution in [-0.2, 0) is 14.3 Å². The molecule has 3 rings (SSSR count). The Kier molecular flexibility index (Phi) is 3.35. The van der Waals surface area contributed by atoms with Gasteiger partial charge >= 0.3 is 5.97 Å². The molecule has 0 bridgehead atoms. The van der Waals surface area contributed by atoms with E-state index in [9.17, 15) is 4.79 Å². The van der Waals surface area contributed by atoms with E-state index in [1.807, 2.05) is 0 Å². The molecule has 1 saturated heterocycles. The minimum Gasteiger partial charge on any atom is -0.459 e. The molecule has 3 heteroatoms. The molecule has 0 aromatic rings. The van der Waals surface area contributed by atoms with Crippen molar-refractivity contribution >= 4 is 5.97 Å². The maximum Gasteiger partial charge on any atom is 0.309 e.